The van der Waals surface area contributed by atoms with Crippen LogP contribution < -0.4 is 9.64 Å². The van der Waals surface area contributed by atoms with Crippen LogP contribution in [0.5, 0.6) is 5.75 Å². The molecular weight excluding hydrogens is 644 g/mol. The number of rotatable bonds is 7. The van der Waals surface area contributed by atoms with E-state index >= 15 is 0 Å². The molecule has 11 nitrogen and oxygen atoms in total. The number of fused-ring (bicyclic) bond motifs is 2. The van der Waals surface area contributed by atoms with Gasteiger partial charge in [0.25, 0.3) is 5.91 Å². The molecule has 3 atom stereocenters. The lowest BCUT2D eigenvalue weighted by Crippen LogP contribution is -2.63. The quantitative estimate of drug-likeness (QED) is 0.242. The molecule has 3 aromatic heterocycles. The molecule has 3 aliphatic heterocycles. The molecule has 0 N–H and O–H groups in total. The molecule has 7 rings (SSSR count). The number of ether oxygens (including phenoxy) is 2. The second kappa shape index (κ2) is 12.3. The molecule has 256 valence electrons. The van der Waals surface area contributed by atoms with Crippen molar-refractivity contribution in [2.24, 2.45) is 11.8 Å². The van der Waals surface area contributed by atoms with Gasteiger partial charge in [0.15, 0.2) is 18.1 Å². The fraction of sp³-hybridized carbons (Fsp3) is 0.471. The zero-order valence-corrected chi connectivity index (χ0v) is 27.2. The van der Waals surface area contributed by atoms with E-state index in [1.807, 2.05) is 0 Å². The highest BCUT2D eigenvalue weighted by molar-refractivity contribution is 6.00. The number of likely N-dealkylation sites (tertiary alicyclic amines) is 1. The van der Waals surface area contributed by atoms with Crippen LogP contribution in [0.15, 0.2) is 36.8 Å². The first kappa shape index (κ1) is 32.8. The minimum atomic E-state index is -4.49. The van der Waals surface area contributed by atoms with Crippen LogP contribution in [0.1, 0.15) is 50.3 Å². The Bertz CT molecular complexity index is 1950. The lowest BCUT2D eigenvalue weighted by Gasteiger charge is -2.51. The number of carbonyl (C=O) groups excluding carboxylic acids is 1. The normalized spacial score (nSPS) is 21.5. The predicted molar refractivity (Wildman–Crippen MR) is 169 cm³/mol. The molecule has 1 amide bonds. The van der Waals surface area contributed by atoms with Gasteiger partial charge in [-0.3, -0.25) is 14.6 Å². The number of pyridine rings is 1. The van der Waals surface area contributed by atoms with Crippen LogP contribution in [-0.4, -0.2) is 80.2 Å². The van der Waals surface area contributed by atoms with Crippen LogP contribution >= 0.6 is 0 Å². The molecule has 4 aromatic rings. The molecule has 0 bridgehead atoms. The van der Waals surface area contributed by atoms with Crippen LogP contribution in [0, 0.1) is 29.0 Å². The van der Waals surface area contributed by atoms with E-state index in [1.165, 1.54) is 4.90 Å². The van der Waals surface area contributed by atoms with E-state index in [-0.39, 0.29) is 53.6 Å². The topological polar surface area (TPSA) is 122 Å². The molecule has 49 heavy (non-hydrogen) atoms. The van der Waals surface area contributed by atoms with E-state index in [0.717, 1.165) is 38.8 Å². The number of nitrogens with zero attached hydrogens (tertiary/aromatic N) is 8. The number of halogens is 4. The smallest absolute Gasteiger partial charge is 0.391 e. The Morgan fingerprint density at radius 1 is 1.18 bits per heavy atom. The van der Waals surface area contributed by atoms with Gasteiger partial charge in [0.2, 0.25) is 0 Å². The van der Waals surface area contributed by atoms with Crippen molar-refractivity contribution >= 4 is 22.6 Å². The summed E-state index contributed by atoms with van der Waals surface area (Å²) in [5.41, 5.74) is 1.74. The summed E-state index contributed by atoms with van der Waals surface area (Å²) >= 11 is 0. The minimum absolute atomic E-state index is 0.0137. The second-order valence-corrected chi connectivity index (χ2v) is 13.4. The SMILES string of the molecule is CC(Cc1nc2c(cnn2[C@@H]2CCN(C3(C)COC3)C[C@H]2C)c(-c2ccc3c(c2)OCC(=O)N3Cc2ncc(F)cn2)c1C#N)C(F)(F)F. The lowest BCUT2D eigenvalue weighted by molar-refractivity contribution is -0.169. The third-order valence-electron chi connectivity index (χ3n) is 9.92. The molecule has 0 radical (unpaired) electrons. The van der Waals surface area contributed by atoms with Crippen LogP contribution in [0.3, 0.4) is 0 Å². The van der Waals surface area contributed by atoms with Gasteiger partial charge in [-0.1, -0.05) is 19.9 Å². The highest BCUT2D eigenvalue weighted by Gasteiger charge is 2.43. The summed E-state index contributed by atoms with van der Waals surface area (Å²) < 4.78 is 68.0. The number of aromatic nitrogens is 5. The van der Waals surface area contributed by atoms with Crippen molar-refractivity contribution in [2.45, 2.75) is 57.9 Å². The van der Waals surface area contributed by atoms with Gasteiger partial charge < -0.3 is 9.47 Å². The maximum absolute atomic E-state index is 13.9. The van der Waals surface area contributed by atoms with Gasteiger partial charge in [0.1, 0.15) is 17.6 Å². The summed E-state index contributed by atoms with van der Waals surface area (Å²) in [6.07, 6.45) is -0.573. The Morgan fingerprint density at radius 2 is 1.94 bits per heavy atom. The van der Waals surface area contributed by atoms with Gasteiger partial charge in [0, 0.05) is 30.5 Å². The first-order valence-electron chi connectivity index (χ1n) is 16.1. The largest absolute Gasteiger partial charge is 0.482 e. The number of piperidine rings is 1. The summed E-state index contributed by atoms with van der Waals surface area (Å²) in [5.74, 6) is -2.02. The molecule has 0 saturated carbocycles. The van der Waals surface area contributed by atoms with Gasteiger partial charge in [-0.15, -0.1) is 0 Å². The zero-order chi connectivity index (χ0) is 34.7. The number of anilines is 1. The maximum Gasteiger partial charge on any atom is 0.391 e. The van der Waals surface area contributed by atoms with Crippen LogP contribution in [0.4, 0.5) is 23.2 Å². The zero-order valence-electron chi connectivity index (χ0n) is 27.2. The Labute approximate surface area is 279 Å². The third kappa shape index (κ3) is 5.97. The third-order valence-corrected chi connectivity index (χ3v) is 9.92. The van der Waals surface area contributed by atoms with Crippen molar-refractivity contribution in [3.63, 3.8) is 0 Å². The fourth-order valence-electron chi connectivity index (χ4n) is 6.99. The molecule has 15 heteroatoms. The molecule has 2 saturated heterocycles. The van der Waals surface area contributed by atoms with Gasteiger partial charge in [-0.2, -0.15) is 23.5 Å². The number of carbonyl (C=O) groups is 1. The molecule has 1 aromatic carbocycles. The Hall–Kier alpha value is -4.68. The predicted octanol–water partition coefficient (Wildman–Crippen LogP) is 5.24. The van der Waals surface area contributed by atoms with Crippen molar-refractivity contribution in [1.29, 1.82) is 5.26 Å². The van der Waals surface area contributed by atoms with Crippen LogP contribution in [0.25, 0.3) is 22.2 Å². The highest BCUT2D eigenvalue weighted by Crippen LogP contribution is 2.43. The summed E-state index contributed by atoms with van der Waals surface area (Å²) in [7, 11) is 0. The van der Waals surface area contributed by atoms with Gasteiger partial charge >= 0.3 is 6.18 Å². The average Bonchev–Trinajstić information content (AvgIpc) is 3.47. The van der Waals surface area contributed by atoms with Crippen molar-refractivity contribution in [1.82, 2.24) is 29.6 Å². The van der Waals surface area contributed by atoms with Crippen LogP contribution in [0.2, 0.25) is 0 Å². The lowest BCUT2D eigenvalue weighted by atomic mass is 9.88. The summed E-state index contributed by atoms with van der Waals surface area (Å²) in [6.45, 7) is 8.03. The number of alkyl halides is 3. The van der Waals surface area contributed by atoms with Crippen molar-refractivity contribution in [3.05, 3.63) is 59.7 Å². The fourth-order valence-corrected chi connectivity index (χ4v) is 6.99. The first-order valence-corrected chi connectivity index (χ1v) is 16.1. The summed E-state index contributed by atoms with van der Waals surface area (Å²) in [6, 6.07) is 7.06. The standard InChI is InChI=1S/C34H34F4N8O3/c1-19-14-44(33(3)17-48-18-33)7-6-26(19)46-32-24(13-42-46)31(23(10-39)25(43-32)8-20(2)34(36,37)38)21-4-5-27-28(9-21)49-16-30(47)45(27)15-29-40-11-22(35)12-41-29/h4-5,9,11-13,19-20,26H,6-8,14-18H2,1-3H3/t19-,20?,26-/m1/s1. The number of benzene rings is 1. The van der Waals surface area contributed by atoms with E-state index < -0.39 is 24.3 Å². The van der Waals surface area contributed by atoms with E-state index in [2.05, 4.69) is 34.8 Å². The molecule has 6 heterocycles. The molecule has 0 aliphatic carbocycles. The monoisotopic (exact) mass is 678 g/mol. The van der Waals surface area contributed by atoms with Crippen molar-refractivity contribution in [2.75, 3.05) is 37.8 Å². The first-order chi connectivity index (χ1) is 23.4. The van der Waals surface area contributed by atoms with Crippen molar-refractivity contribution < 1.29 is 31.8 Å². The summed E-state index contributed by atoms with van der Waals surface area (Å²) in [5, 5.41) is 15.7. The Kier molecular flexibility index (Phi) is 8.27. The Morgan fingerprint density at radius 3 is 2.59 bits per heavy atom. The van der Waals surface area contributed by atoms with E-state index in [1.54, 1.807) is 29.1 Å². The van der Waals surface area contributed by atoms with Gasteiger partial charge in [-0.25, -0.2) is 24.0 Å². The number of amides is 1. The average molecular weight is 679 g/mol. The highest BCUT2D eigenvalue weighted by atomic mass is 19.4. The van der Waals surface area contributed by atoms with E-state index in [4.69, 9.17) is 19.6 Å². The minimum Gasteiger partial charge on any atom is -0.482 e. The maximum atomic E-state index is 13.9. The Balaban J connectivity index is 1.31. The molecular formula is C34H34F4N8O3. The van der Waals surface area contributed by atoms with E-state index in [9.17, 15) is 27.6 Å². The molecule has 3 aliphatic rings. The molecule has 2 fully saturated rings. The summed E-state index contributed by atoms with van der Waals surface area (Å²) in [4.78, 5) is 29.4. The molecule has 0 spiro atoms. The number of hydrogen-bond acceptors (Lipinski definition) is 9. The van der Waals surface area contributed by atoms with Crippen LogP contribution in [-0.2, 0) is 22.5 Å². The van der Waals surface area contributed by atoms with Gasteiger partial charge in [0.05, 0.1) is 72.8 Å². The second-order valence-electron chi connectivity index (χ2n) is 13.4. The number of hydrogen-bond donors (Lipinski definition) is 0. The molecule has 1 unspecified atom stereocenters. The van der Waals surface area contributed by atoms with Crippen molar-refractivity contribution in [3.8, 4) is 22.9 Å². The number of nitriles is 1. The van der Waals surface area contributed by atoms with Gasteiger partial charge in [-0.05, 0) is 37.0 Å². The van der Waals surface area contributed by atoms with E-state index in [0.29, 0.717) is 46.8 Å².